The topological polar surface area (TPSA) is 42.2 Å². The summed E-state index contributed by atoms with van der Waals surface area (Å²) in [5, 5.41) is 8.37. The molecule has 1 aromatic rings. The van der Waals surface area contributed by atoms with Gasteiger partial charge >= 0.3 is 6.18 Å². The SMILES string of the molecule is COc1cccc(OCC(C#N)C(F)(F)F)c1. The van der Waals surface area contributed by atoms with Crippen LogP contribution in [0, 0.1) is 17.2 Å². The van der Waals surface area contributed by atoms with Gasteiger partial charge in [0, 0.05) is 6.07 Å². The molecule has 0 bridgehead atoms. The van der Waals surface area contributed by atoms with E-state index in [0.717, 1.165) is 6.07 Å². The van der Waals surface area contributed by atoms with Crippen molar-refractivity contribution in [1.82, 2.24) is 0 Å². The molecule has 6 heteroatoms. The van der Waals surface area contributed by atoms with Crippen molar-refractivity contribution in [1.29, 1.82) is 5.26 Å². The number of ether oxygens (including phenoxy) is 2. The molecule has 0 saturated carbocycles. The summed E-state index contributed by atoms with van der Waals surface area (Å²) in [6.07, 6.45) is -4.58. The zero-order valence-electron chi connectivity index (χ0n) is 8.99. The number of rotatable bonds is 4. The fourth-order valence-corrected chi connectivity index (χ4v) is 1.08. The van der Waals surface area contributed by atoms with Gasteiger partial charge in [-0.25, -0.2) is 0 Å². The van der Waals surface area contributed by atoms with Gasteiger partial charge in [-0.2, -0.15) is 18.4 Å². The quantitative estimate of drug-likeness (QED) is 0.819. The van der Waals surface area contributed by atoms with Gasteiger partial charge in [-0.05, 0) is 12.1 Å². The molecule has 0 aliphatic carbocycles. The molecular weight excluding hydrogens is 235 g/mol. The first-order valence-corrected chi connectivity index (χ1v) is 4.70. The summed E-state index contributed by atoms with van der Waals surface area (Å²) >= 11 is 0. The van der Waals surface area contributed by atoms with Crippen LogP contribution in [0.4, 0.5) is 13.2 Å². The van der Waals surface area contributed by atoms with E-state index in [1.54, 1.807) is 12.1 Å². The average molecular weight is 245 g/mol. The number of methoxy groups -OCH3 is 1. The van der Waals surface area contributed by atoms with E-state index < -0.39 is 18.7 Å². The Balaban J connectivity index is 2.64. The van der Waals surface area contributed by atoms with E-state index in [2.05, 4.69) is 0 Å². The van der Waals surface area contributed by atoms with Gasteiger partial charge in [0.15, 0.2) is 5.92 Å². The molecule has 1 unspecified atom stereocenters. The first-order valence-electron chi connectivity index (χ1n) is 4.70. The predicted octanol–water partition coefficient (Wildman–Crippen LogP) is 2.78. The van der Waals surface area contributed by atoms with Crippen molar-refractivity contribution in [3.63, 3.8) is 0 Å². The normalized spacial score (nSPS) is 12.6. The van der Waals surface area contributed by atoms with Crippen LogP contribution in [0.3, 0.4) is 0 Å². The summed E-state index contributed by atoms with van der Waals surface area (Å²) in [4.78, 5) is 0. The van der Waals surface area contributed by atoms with Crippen LogP contribution in [0.15, 0.2) is 24.3 Å². The fourth-order valence-electron chi connectivity index (χ4n) is 1.08. The molecule has 0 amide bonds. The van der Waals surface area contributed by atoms with Crippen LogP contribution < -0.4 is 9.47 Å². The molecule has 1 rings (SSSR count). The van der Waals surface area contributed by atoms with E-state index in [9.17, 15) is 13.2 Å². The second-order valence-corrected chi connectivity index (χ2v) is 3.21. The van der Waals surface area contributed by atoms with Crippen LogP contribution in [0.5, 0.6) is 11.5 Å². The van der Waals surface area contributed by atoms with Gasteiger partial charge in [0.2, 0.25) is 0 Å². The van der Waals surface area contributed by atoms with Gasteiger partial charge in [-0.15, -0.1) is 0 Å². The molecule has 1 aromatic carbocycles. The monoisotopic (exact) mass is 245 g/mol. The van der Waals surface area contributed by atoms with Gasteiger partial charge < -0.3 is 9.47 Å². The molecule has 17 heavy (non-hydrogen) atoms. The number of nitriles is 1. The van der Waals surface area contributed by atoms with Crippen LogP contribution >= 0.6 is 0 Å². The Kier molecular flexibility index (Phi) is 4.21. The second kappa shape index (κ2) is 5.43. The van der Waals surface area contributed by atoms with E-state index in [0.29, 0.717) is 5.75 Å². The first kappa shape index (κ1) is 13.2. The Morgan fingerprint density at radius 3 is 2.53 bits per heavy atom. The third-order valence-corrected chi connectivity index (χ3v) is 2.01. The Morgan fingerprint density at radius 2 is 2.00 bits per heavy atom. The third kappa shape index (κ3) is 3.87. The van der Waals surface area contributed by atoms with Crippen molar-refractivity contribution >= 4 is 0 Å². The molecule has 0 aliphatic rings. The van der Waals surface area contributed by atoms with Crippen molar-refractivity contribution in [2.75, 3.05) is 13.7 Å². The maximum absolute atomic E-state index is 12.2. The van der Waals surface area contributed by atoms with Crippen LogP contribution in [-0.4, -0.2) is 19.9 Å². The third-order valence-electron chi connectivity index (χ3n) is 2.01. The molecule has 0 spiro atoms. The Morgan fingerprint density at radius 1 is 1.35 bits per heavy atom. The summed E-state index contributed by atoms with van der Waals surface area (Å²) in [6, 6.07) is 7.33. The highest BCUT2D eigenvalue weighted by Crippen LogP contribution is 2.27. The predicted molar refractivity (Wildman–Crippen MR) is 53.6 cm³/mol. The standard InChI is InChI=1S/C11H10F3NO2/c1-16-9-3-2-4-10(5-9)17-7-8(6-15)11(12,13)14/h2-5,8H,7H2,1H3. The van der Waals surface area contributed by atoms with Crippen LogP contribution in [0.25, 0.3) is 0 Å². The van der Waals surface area contributed by atoms with Crippen molar-refractivity contribution in [2.24, 2.45) is 5.92 Å². The molecule has 0 fully saturated rings. The maximum Gasteiger partial charge on any atom is 0.407 e. The Hall–Kier alpha value is -1.90. The highest BCUT2D eigenvalue weighted by molar-refractivity contribution is 5.32. The number of hydrogen-bond acceptors (Lipinski definition) is 3. The molecule has 0 radical (unpaired) electrons. The number of alkyl halides is 3. The minimum Gasteiger partial charge on any atom is -0.497 e. The van der Waals surface area contributed by atoms with E-state index in [1.807, 2.05) is 0 Å². The maximum atomic E-state index is 12.2. The molecule has 0 N–H and O–H groups in total. The molecule has 0 saturated heterocycles. The summed E-state index contributed by atoms with van der Waals surface area (Å²) < 4.78 is 46.5. The molecule has 0 aliphatic heterocycles. The summed E-state index contributed by atoms with van der Waals surface area (Å²) in [7, 11) is 1.44. The highest BCUT2D eigenvalue weighted by atomic mass is 19.4. The van der Waals surface area contributed by atoms with Gasteiger partial charge in [0.05, 0.1) is 13.2 Å². The lowest BCUT2D eigenvalue weighted by Gasteiger charge is -2.14. The first-order chi connectivity index (χ1) is 7.97. The zero-order valence-corrected chi connectivity index (χ0v) is 8.99. The number of hydrogen-bond donors (Lipinski definition) is 0. The van der Waals surface area contributed by atoms with E-state index >= 15 is 0 Å². The minimum atomic E-state index is -4.58. The average Bonchev–Trinajstić information content (AvgIpc) is 2.28. The smallest absolute Gasteiger partial charge is 0.407 e. The lowest BCUT2D eigenvalue weighted by molar-refractivity contribution is -0.165. The molecule has 0 aromatic heterocycles. The highest BCUT2D eigenvalue weighted by Gasteiger charge is 2.40. The van der Waals surface area contributed by atoms with Crippen molar-refractivity contribution in [3.8, 4) is 17.6 Å². The molecule has 0 heterocycles. The van der Waals surface area contributed by atoms with Crippen molar-refractivity contribution in [3.05, 3.63) is 24.3 Å². The largest absolute Gasteiger partial charge is 0.497 e. The molecular formula is C11H10F3NO2. The summed E-state index contributed by atoms with van der Waals surface area (Å²) in [5.74, 6) is -1.43. The summed E-state index contributed by atoms with van der Waals surface area (Å²) in [5.41, 5.74) is 0. The van der Waals surface area contributed by atoms with Crippen LogP contribution in [0.2, 0.25) is 0 Å². The van der Waals surface area contributed by atoms with Gasteiger partial charge in [-0.3, -0.25) is 0 Å². The lowest BCUT2D eigenvalue weighted by atomic mass is 10.2. The van der Waals surface area contributed by atoms with Crippen LogP contribution in [0.1, 0.15) is 0 Å². The lowest BCUT2D eigenvalue weighted by Crippen LogP contribution is -2.27. The van der Waals surface area contributed by atoms with Gasteiger partial charge in [0.1, 0.15) is 18.1 Å². The van der Waals surface area contributed by atoms with Crippen molar-refractivity contribution < 1.29 is 22.6 Å². The van der Waals surface area contributed by atoms with Crippen molar-refractivity contribution in [2.45, 2.75) is 6.18 Å². The molecule has 3 nitrogen and oxygen atoms in total. The van der Waals surface area contributed by atoms with E-state index in [1.165, 1.54) is 19.2 Å². The second-order valence-electron chi connectivity index (χ2n) is 3.21. The minimum absolute atomic E-state index is 0.230. The molecule has 1 atom stereocenters. The summed E-state index contributed by atoms with van der Waals surface area (Å²) in [6.45, 7) is -0.729. The number of nitrogens with zero attached hydrogens (tertiary/aromatic N) is 1. The number of benzene rings is 1. The Labute approximate surface area is 96.4 Å². The van der Waals surface area contributed by atoms with Gasteiger partial charge in [-0.1, -0.05) is 6.07 Å². The van der Waals surface area contributed by atoms with E-state index in [4.69, 9.17) is 14.7 Å². The van der Waals surface area contributed by atoms with E-state index in [-0.39, 0.29) is 5.75 Å². The zero-order chi connectivity index (χ0) is 12.9. The van der Waals surface area contributed by atoms with Gasteiger partial charge in [0.25, 0.3) is 0 Å². The number of halogens is 3. The fraction of sp³-hybridized carbons (Fsp3) is 0.364. The molecule has 92 valence electrons. The Bertz CT molecular complexity index is 412. The van der Waals surface area contributed by atoms with Crippen LogP contribution in [-0.2, 0) is 0 Å².